The zero-order valence-corrected chi connectivity index (χ0v) is 16.6. The van der Waals surface area contributed by atoms with E-state index in [1.807, 2.05) is 23.1 Å². The Hall–Kier alpha value is -2.81. The number of benzene rings is 2. The Kier molecular flexibility index (Phi) is 4.58. The van der Waals surface area contributed by atoms with Gasteiger partial charge in [0.05, 0.1) is 6.61 Å². The van der Waals surface area contributed by atoms with Crippen LogP contribution in [0.1, 0.15) is 34.5 Å². The maximum Gasteiger partial charge on any atom is 0.489 e. The molecule has 0 atom stereocenters. The molecule has 0 aliphatic carbocycles. The molecule has 1 amide bonds. The van der Waals surface area contributed by atoms with Gasteiger partial charge >= 0.3 is 7.12 Å². The van der Waals surface area contributed by atoms with Crippen molar-refractivity contribution in [1.29, 1.82) is 0 Å². The number of likely N-dealkylation sites (tertiary alicyclic amines) is 1. The summed E-state index contributed by atoms with van der Waals surface area (Å²) in [5, 5.41) is 19.8. The van der Waals surface area contributed by atoms with Crippen LogP contribution >= 0.6 is 0 Å². The zero-order valence-electron chi connectivity index (χ0n) is 16.6. The van der Waals surface area contributed by atoms with Crippen LogP contribution in [0.2, 0.25) is 0 Å². The van der Waals surface area contributed by atoms with Crippen LogP contribution in [0.15, 0.2) is 42.5 Å². The van der Waals surface area contributed by atoms with Crippen molar-refractivity contribution in [1.82, 2.24) is 9.88 Å². The van der Waals surface area contributed by atoms with Crippen LogP contribution in [0.4, 0.5) is 0 Å². The lowest BCUT2D eigenvalue weighted by atomic mass is 9.74. The van der Waals surface area contributed by atoms with Crippen molar-refractivity contribution in [2.24, 2.45) is 5.73 Å². The number of nitrogens with one attached hydrogen (secondary N) is 1. The summed E-state index contributed by atoms with van der Waals surface area (Å²) >= 11 is 0. The SMILES string of the molecule is NCc1ccc2c(c1)C1(CCN(C(=O)c3cc4c(B(O)O)cccc4[nH]3)CC1)CO2. The Labute approximate surface area is 174 Å². The molecular weight excluding hydrogens is 381 g/mol. The molecule has 2 aliphatic rings. The highest BCUT2D eigenvalue weighted by atomic mass is 16.5. The number of rotatable bonds is 3. The molecule has 1 fully saturated rings. The van der Waals surface area contributed by atoms with E-state index < -0.39 is 7.12 Å². The summed E-state index contributed by atoms with van der Waals surface area (Å²) < 4.78 is 5.95. The first-order valence-corrected chi connectivity index (χ1v) is 10.2. The molecule has 1 aromatic heterocycles. The van der Waals surface area contributed by atoms with E-state index in [4.69, 9.17) is 10.5 Å². The second-order valence-corrected chi connectivity index (χ2v) is 8.26. The molecule has 3 heterocycles. The van der Waals surface area contributed by atoms with Gasteiger partial charge in [-0.1, -0.05) is 24.3 Å². The summed E-state index contributed by atoms with van der Waals surface area (Å²) in [7, 11) is -1.58. The van der Waals surface area contributed by atoms with Gasteiger partial charge in [0.2, 0.25) is 0 Å². The van der Waals surface area contributed by atoms with Gasteiger partial charge in [-0.3, -0.25) is 4.79 Å². The van der Waals surface area contributed by atoms with Gasteiger partial charge in [-0.05, 0) is 47.5 Å². The van der Waals surface area contributed by atoms with Crippen LogP contribution in [0, 0.1) is 0 Å². The fourth-order valence-electron chi connectivity index (χ4n) is 4.78. The molecule has 8 heteroatoms. The first kappa shape index (κ1) is 19.2. The Bertz CT molecular complexity index is 1120. The number of H-pyrrole nitrogens is 1. The number of carbonyl (C=O) groups excluding carboxylic acids is 1. The lowest BCUT2D eigenvalue weighted by molar-refractivity contribution is 0.0641. The number of aromatic amines is 1. The van der Waals surface area contributed by atoms with Crippen molar-refractivity contribution in [2.75, 3.05) is 19.7 Å². The minimum atomic E-state index is -1.58. The van der Waals surface area contributed by atoms with Crippen molar-refractivity contribution in [3.05, 3.63) is 59.3 Å². The van der Waals surface area contributed by atoms with Gasteiger partial charge < -0.3 is 30.4 Å². The Morgan fingerprint density at radius 1 is 1.20 bits per heavy atom. The third kappa shape index (κ3) is 2.99. The number of piperidine rings is 1. The number of ether oxygens (including phenoxy) is 1. The minimum absolute atomic E-state index is 0.0636. The van der Waals surface area contributed by atoms with E-state index in [1.165, 1.54) is 5.56 Å². The maximum absolute atomic E-state index is 13.1. The van der Waals surface area contributed by atoms with E-state index in [0.717, 1.165) is 24.2 Å². The largest absolute Gasteiger partial charge is 0.492 e. The van der Waals surface area contributed by atoms with Gasteiger partial charge in [-0.2, -0.15) is 0 Å². The molecule has 0 radical (unpaired) electrons. The van der Waals surface area contributed by atoms with E-state index in [2.05, 4.69) is 11.1 Å². The van der Waals surface area contributed by atoms with E-state index in [1.54, 1.807) is 18.2 Å². The lowest BCUT2D eigenvalue weighted by Crippen LogP contribution is -2.46. The summed E-state index contributed by atoms with van der Waals surface area (Å²) in [5.41, 5.74) is 9.62. The third-order valence-corrected chi connectivity index (χ3v) is 6.57. The van der Waals surface area contributed by atoms with Crippen molar-refractivity contribution in [3.8, 4) is 5.75 Å². The smallest absolute Gasteiger partial charge is 0.489 e. The van der Waals surface area contributed by atoms with E-state index in [0.29, 0.717) is 48.3 Å². The quantitative estimate of drug-likeness (QED) is 0.484. The van der Waals surface area contributed by atoms with Crippen molar-refractivity contribution < 1.29 is 19.6 Å². The van der Waals surface area contributed by atoms with Gasteiger partial charge in [0.15, 0.2) is 0 Å². The van der Waals surface area contributed by atoms with Gasteiger partial charge in [-0.15, -0.1) is 0 Å². The number of hydrogen-bond donors (Lipinski definition) is 4. The fourth-order valence-corrected chi connectivity index (χ4v) is 4.78. The summed E-state index contributed by atoms with van der Waals surface area (Å²) in [6.45, 7) is 2.42. The number of nitrogens with zero attached hydrogens (tertiary/aromatic N) is 1. The molecule has 154 valence electrons. The highest BCUT2D eigenvalue weighted by Crippen LogP contribution is 2.46. The topological polar surface area (TPSA) is 112 Å². The molecule has 0 bridgehead atoms. The molecule has 5 N–H and O–H groups in total. The molecular formula is C22H24BN3O4. The summed E-state index contributed by atoms with van der Waals surface area (Å²) in [5.74, 6) is 0.854. The highest BCUT2D eigenvalue weighted by molar-refractivity contribution is 6.62. The molecule has 1 saturated heterocycles. The van der Waals surface area contributed by atoms with Gasteiger partial charge in [0.1, 0.15) is 11.4 Å². The molecule has 7 nitrogen and oxygen atoms in total. The first-order valence-electron chi connectivity index (χ1n) is 10.2. The maximum atomic E-state index is 13.1. The van der Waals surface area contributed by atoms with Crippen LogP contribution in [0.5, 0.6) is 5.75 Å². The predicted octanol–water partition coefficient (Wildman–Crippen LogP) is 0.873. The van der Waals surface area contributed by atoms with Crippen LogP contribution in [-0.2, 0) is 12.0 Å². The standard InChI is InChI=1S/C22H24BN3O4/c24-12-14-4-5-20-16(10-14)22(13-30-20)6-8-26(9-7-22)21(27)19-11-15-17(23(28)29)2-1-3-18(15)25-19/h1-5,10-11,25,28-29H,6-9,12-13,24H2. The summed E-state index contributed by atoms with van der Waals surface area (Å²) in [6.07, 6.45) is 1.67. The van der Waals surface area contributed by atoms with Crippen LogP contribution in [0.3, 0.4) is 0 Å². The van der Waals surface area contributed by atoms with E-state index >= 15 is 0 Å². The molecule has 5 rings (SSSR count). The average molecular weight is 405 g/mol. The predicted molar refractivity (Wildman–Crippen MR) is 115 cm³/mol. The van der Waals surface area contributed by atoms with Crippen LogP contribution < -0.4 is 15.9 Å². The number of amides is 1. The number of fused-ring (bicyclic) bond motifs is 3. The van der Waals surface area contributed by atoms with Crippen LogP contribution in [0.25, 0.3) is 10.9 Å². The third-order valence-electron chi connectivity index (χ3n) is 6.57. The highest BCUT2D eigenvalue weighted by Gasteiger charge is 2.44. The monoisotopic (exact) mass is 405 g/mol. The number of nitrogens with two attached hydrogens (primary N) is 1. The van der Waals surface area contributed by atoms with Gasteiger partial charge in [0.25, 0.3) is 5.91 Å². The molecule has 3 aromatic rings. The summed E-state index contributed by atoms with van der Waals surface area (Å²) in [4.78, 5) is 18.1. The normalized spacial score (nSPS) is 17.2. The molecule has 0 unspecified atom stereocenters. The van der Waals surface area contributed by atoms with Crippen molar-refractivity contribution in [3.63, 3.8) is 0 Å². The van der Waals surface area contributed by atoms with E-state index in [-0.39, 0.29) is 11.3 Å². The summed E-state index contributed by atoms with van der Waals surface area (Å²) in [6, 6.07) is 13.1. The Morgan fingerprint density at radius 2 is 2.00 bits per heavy atom. The molecule has 30 heavy (non-hydrogen) atoms. The van der Waals surface area contributed by atoms with Gasteiger partial charge in [0, 0.05) is 36.1 Å². The Balaban J connectivity index is 1.36. The lowest BCUT2D eigenvalue weighted by Gasteiger charge is -2.38. The second-order valence-electron chi connectivity index (χ2n) is 8.26. The minimum Gasteiger partial charge on any atom is -0.492 e. The average Bonchev–Trinajstić information content (AvgIpc) is 3.35. The Morgan fingerprint density at radius 3 is 2.73 bits per heavy atom. The zero-order chi connectivity index (χ0) is 20.9. The number of hydrogen-bond acceptors (Lipinski definition) is 5. The first-order chi connectivity index (χ1) is 14.5. The van der Waals surface area contributed by atoms with Crippen LogP contribution in [-0.4, -0.2) is 52.7 Å². The van der Waals surface area contributed by atoms with Crippen molar-refractivity contribution >= 4 is 29.4 Å². The van der Waals surface area contributed by atoms with Gasteiger partial charge in [-0.25, -0.2) is 0 Å². The van der Waals surface area contributed by atoms with E-state index in [9.17, 15) is 14.8 Å². The fraction of sp³-hybridized carbons (Fsp3) is 0.318. The molecule has 2 aliphatic heterocycles. The number of aromatic nitrogens is 1. The van der Waals surface area contributed by atoms with Crippen molar-refractivity contribution in [2.45, 2.75) is 24.8 Å². The molecule has 0 saturated carbocycles. The molecule has 2 aromatic carbocycles. The molecule has 1 spiro atoms. The number of carbonyl (C=O) groups is 1. The second kappa shape index (κ2) is 7.16.